The van der Waals surface area contributed by atoms with Gasteiger partial charge in [-0.1, -0.05) is 12.1 Å². The third kappa shape index (κ3) is 3.07. The fourth-order valence-electron chi connectivity index (χ4n) is 4.32. The van der Waals surface area contributed by atoms with Crippen LogP contribution in [-0.2, 0) is 0 Å². The highest BCUT2D eigenvalue weighted by atomic mass is 19.1. The zero-order chi connectivity index (χ0) is 16.5. The normalized spacial score (nSPS) is 31.4. The van der Waals surface area contributed by atoms with E-state index >= 15 is 0 Å². The Labute approximate surface area is 140 Å². The molecule has 24 heavy (non-hydrogen) atoms. The topological polar surface area (TPSA) is 34.0 Å². The minimum absolute atomic E-state index is 0.188. The number of piperidine rings is 1. The lowest BCUT2D eigenvalue weighted by molar-refractivity contribution is 0.0798. The Morgan fingerprint density at radius 2 is 1.88 bits per heavy atom. The number of halogens is 2. The highest BCUT2D eigenvalue weighted by molar-refractivity contribution is 5.23. The summed E-state index contributed by atoms with van der Waals surface area (Å²) in [5.41, 5.74) is 1.15. The average molecular weight is 332 g/mol. The second kappa shape index (κ2) is 6.59. The van der Waals surface area contributed by atoms with Crippen LogP contribution in [0.1, 0.15) is 43.2 Å². The van der Waals surface area contributed by atoms with Gasteiger partial charge in [0.15, 0.2) is 0 Å². The second-order valence-corrected chi connectivity index (χ2v) is 6.96. The van der Waals surface area contributed by atoms with E-state index in [0.717, 1.165) is 31.4 Å². The van der Waals surface area contributed by atoms with Gasteiger partial charge >= 0.3 is 0 Å². The van der Waals surface area contributed by atoms with Crippen molar-refractivity contribution in [2.45, 2.75) is 49.9 Å². The molecule has 0 N–H and O–H groups in total. The van der Waals surface area contributed by atoms with Crippen molar-refractivity contribution in [1.82, 2.24) is 19.7 Å². The van der Waals surface area contributed by atoms with Crippen molar-refractivity contribution < 1.29 is 8.78 Å². The van der Waals surface area contributed by atoms with E-state index < -0.39 is 6.17 Å². The number of hydrogen-bond donors (Lipinski definition) is 0. The highest BCUT2D eigenvalue weighted by Crippen LogP contribution is 2.44. The van der Waals surface area contributed by atoms with Gasteiger partial charge in [-0.2, -0.15) is 5.10 Å². The van der Waals surface area contributed by atoms with Crippen molar-refractivity contribution in [3.05, 3.63) is 48.3 Å². The van der Waals surface area contributed by atoms with Crippen LogP contribution in [0.5, 0.6) is 0 Å². The number of likely N-dealkylation sites (tertiary alicyclic amines) is 1. The molecule has 1 aliphatic heterocycles. The van der Waals surface area contributed by atoms with Gasteiger partial charge in [0.2, 0.25) is 0 Å². The summed E-state index contributed by atoms with van der Waals surface area (Å²) in [4.78, 5) is 6.36. The molecule has 0 bridgehead atoms. The number of nitrogens with zero attached hydrogens (tertiary/aromatic N) is 4. The van der Waals surface area contributed by atoms with Gasteiger partial charge in [-0.25, -0.2) is 18.4 Å². The Morgan fingerprint density at radius 3 is 2.58 bits per heavy atom. The smallest absolute Gasteiger partial charge is 0.137 e. The number of benzene rings is 1. The van der Waals surface area contributed by atoms with Crippen LogP contribution >= 0.6 is 0 Å². The molecule has 1 aromatic carbocycles. The number of hydrogen-bond acceptors (Lipinski definition) is 3. The zero-order valence-corrected chi connectivity index (χ0v) is 13.6. The minimum Gasteiger partial charge on any atom is -0.295 e. The first-order valence-corrected chi connectivity index (χ1v) is 8.68. The Balaban J connectivity index is 1.59. The standard InChI is InChI=1S/C18H22F2N4/c19-15-5-3-13(4-6-15)14-8-17(23-7-1-2-16(20)10-23)18(9-14)24-12-21-11-22-24/h3-6,11-12,14,16-18H,1-2,7-10H2/t14-,16-,17+,18+/m1/s1. The van der Waals surface area contributed by atoms with E-state index in [0.29, 0.717) is 18.9 Å². The quantitative estimate of drug-likeness (QED) is 0.864. The average Bonchev–Trinajstić information content (AvgIpc) is 3.25. The molecule has 1 aliphatic carbocycles. The van der Waals surface area contributed by atoms with Crippen LogP contribution in [0.15, 0.2) is 36.9 Å². The minimum atomic E-state index is -0.736. The van der Waals surface area contributed by atoms with Gasteiger partial charge < -0.3 is 0 Å². The molecule has 4 nitrogen and oxygen atoms in total. The molecule has 0 amide bonds. The summed E-state index contributed by atoms with van der Waals surface area (Å²) in [6.45, 7) is 1.44. The van der Waals surface area contributed by atoms with Gasteiger partial charge in [0.1, 0.15) is 24.6 Å². The van der Waals surface area contributed by atoms with Crippen LogP contribution in [0.3, 0.4) is 0 Å². The molecule has 0 unspecified atom stereocenters. The molecule has 6 heteroatoms. The lowest BCUT2D eigenvalue weighted by atomic mass is 9.97. The first kappa shape index (κ1) is 15.7. The van der Waals surface area contributed by atoms with Gasteiger partial charge in [0, 0.05) is 12.6 Å². The molecule has 2 aromatic rings. The third-order valence-corrected chi connectivity index (χ3v) is 5.48. The van der Waals surface area contributed by atoms with E-state index in [-0.39, 0.29) is 17.9 Å². The Kier molecular flexibility index (Phi) is 4.31. The van der Waals surface area contributed by atoms with E-state index in [2.05, 4.69) is 15.0 Å². The predicted octanol–water partition coefficient (Wildman–Crippen LogP) is 3.34. The number of rotatable bonds is 3. The molecule has 4 rings (SSSR count). The van der Waals surface area contributed by atoms with Crippen molar-refractivity contribution in [1.29, 1.82) is 0 Å². The number of aromatic nitrogens is 3. The lowest BCUT2D eigenvalue weighted by Gasteiger charge is -2.36. The maximum absolute atomic E-state index is 13.9. The molecule has 1 saturated heterocycles. The number of alkyl halides is 1. The van der Waals surface area contributed by atoms with Crippen LogP contribution in [0.2, 0.25) is 0 Å². The first-order valence-electron chi connectivity index (χ1n) is 8.68. The molecule has 2 aliphatic rings. The Bertz CT molecular complexity index is 658. The lowest BCUT2D eigenvalue weighted by Crippen LogP contribution is -2.45. The maximum atomic E-state index is 13.9. The molecule has 0 radical (unpaired) electrons. The predicted molar refractivity (Wildman–Crippen MR) is 86.9 cm³/mol. The van der Waals surface area contributed by atoms with Crippen LogP contribution in [0, 0.1) is 5.82 Å². The van der Waals surface area contributed by atoms with Crippen LogP contribution in [0.25, 0.3) is 0 Å². The summed E-state index contributed by atoms with van der Waals surface area (Å²) in [6.07, 6.45) is 6.01. The summed E-state index contributed by atoms with van der Waals surface area (Å²) < 4.78 is 29.0. The summed E-state index contributed by atoms with van der Waals surface area (Å²) >= 11 is 0. The molecular formula is C18H22F2N4. The molecule has 2 heterocycles. The van der Waals surface area contributed by atoms with Crippen molar-refractivity contribution >= 4 is 0 Å². The van der Waals surface area contributed by atoms with E-state index in [9.17, 15) is 8.78 Å². The van der Waals surface area contributed by atoms with Crippen molar-refractivity contribution in [3.8, 4) is 0 Å². The second-order valence-electron chi connectivity index (χ2n) is 6.96. The Hall–Kier alpha value is -1.82. The molecule has 128 valence electrons. The first-order chi connectivity index (χ1) is 11.7. The largest absolute Gasteiger partial charge is 0.295 e. The highest BCUT2D eigenvalue weighted by Gasteiger charge is 2.41. The third-order valence-electron chi connectivity index (χ3n) is 5.48. The van der Waals surface area contributed by atoms with Crippen molar-refractivity contribution in [2.24, 2.45) is 0 Å². The van der Waals surface area contributed by atoms with Crippen LogP contribution in [0.4, 0.5) is 8.78 Å². The van der Waals surface area contributed by atoms with Gasteiger partial charge in [-0.05, 0) is 55.8 Å². The van der Waals surface area contributed by atoms with E-state index in [1.54, 1.807) is 12.7 Å². The van der Waals surface area contributed by atoms with Gasteiger partial charge in [-0.3, -0.25) is 4.90 Å². The van der Waals surface area contributed by atoms with E-state index in [1.165, 1.54) is 12.1 Å². The monoisotopic (exact) mass is 332 g/mol. The molecule has 0 spiro atoms. The molecule has 2 fully saturated rings. The maximum Gasteiger partial charge on any atom is 0.137 e. The van der Waals surface area contributed by atoms with Gasteiger partial charge in [-0.15, -0.1) is 0 Å². The zero-order valence-electron chi connectivity index (χ0n) is 13.6. The van der Waals surface area contributed by atoms with Gasteiger partial charge in [0.05, 0.1) is 6.04 Å². The summed E-state index contributed by atoms with van der Waals surface area (Å²) in [5, 5.41) is 4.33. The van der Waals surface area contributed by atoms with E-state index in [1.807, 2.05) is 16.8 Å². The van der Waals surface area contributed by atoms with Crippen molar-refractivity contribution in [2.75, 3.05) is 13.1 Å². The van der Waals surface area contributed by atoms with E-state index in [4.69, 9.17) is 0 Å². The van der Waals surface area contributed by atoms with Gasteiger partial charge in [0.25, 0.3) is 0 Å². The summed E-state index contributed by atoms with van der Waals surface area (Å²) in [5.74, 6) is 0.127. The van der Waals surface area contributed by atoms with Crippen molar-refractivity contribution in [3.63, 3.8) is 0 Å². The Morgan fingerprint density at radius 1 is 1.08 bits per heavy atom. The fourth-order valence-corrected chi connectivity index (χ4v) is 4.32. The molecule has 1 aromatic heterocycles. The SMILES string of the molecule is Fc1ccc([C@@H]2C[C@H](N3CCC[C@@H](F)C3)[C@@H](n3cncn3)C2)cc1. The fraction of sp³-hybridized carbons (Fsp3) is 0.556. The van der Waals surface area contributed by atoms with Crippen LogP contribution in [-0.4, -0.2) is 45.0 Å². The molecular weight excluding hydrogens is 310 g/mol. The molecule has 4 atom stereocenters. The van der Waals surface area contributed by atoms with Crippen LogP contribution < -0.4 is 0 Å². The molecule has 1 saturated carbocycles. The summed E-state index contributed by atoms with van der Waals surface area (Å²) in [7, 11) is 0. The summed E-state index contributed by atoms with van der Waals surface area (Å²) in [6, 6.07) is 7.22.